The molecule has 0 spiro atoms. The SMILES string of the molecule is COc1ccc(-c2[nH]n3c(=O)cc(-c4cnn(C)c4)nc3c2C)cc1. The van der Waals surface area contributed by atoms with Gasteiger partial charge in [0, 0.05) is 36.0 Å². The van der Waals surface area contributed by atoms with E-state index in [-0.39, 0.29) is 5.56 Å². The van der Waals surface area contributed by atoms with Gasteiger partial charge in [-0.2, -0.15) is 5.10 Å². The Balaban J connectivity index is 1.89. The van der Waals surface area contributed by atoms with Crippen molar-refractivity contribution < 1.29 is 4.74 Å². The molecule has 126 valence electrons. The van der Waals surface area contributed by atoms with Crippen LogP contribution in [0.5, 0.6) is 5.75 Å². The van der Waals surface area contributed by atoms with Gasteiger partial charge in [-0.15, -0.1) is 0 Å². The van der Waals surface area contributed by atoms with E-state index in [1.165, 1.54) is 10.6 Å². The summed E-state index contributed by atoms with van der Waals surface area (Å²) in [6, 6.07) is 9.18. The molecular weight excluding hydrogens is 318 g/mol. The highest BCUT2D eigenvalue weighted by atomic mass is 16.5. The second-order valence-corrected chi connectivity index (χ2v) is 5.88. The maximum Gasteiger partial charge on any atom is 0.273 e. The van der Waals surface area contributed by atoms with E-state index in [2.05, 4.69) is 15.2 Å². The van der Waals surface area contributed by atoms with Crippen LogP contribution in [0.3, 0.4) is 0 Å². The number of hydrogen-bond donors (Lipinski definition) is 1. The van der Waals surface area contributed by atoms with Crippen LogP contribution >= 0.6 is 0 Å². The van der Waals surface area contributed by atoms with Crippen LogP contribution in [0.25, 0.3) is 28.2 Å². The molecule has 0 aliphatic heterocycles. The lowest BCUT2D eigenvalue weighted by Gasteiger charge is -2.02. The number of benzene rings is 1. The summed E-state index contributed by atoms with van der Waals surface area (Å²) < 4.78 is 8.35. The Morgan fingerprint density at radius 3 is 2.56 bits per heavy atom. The highest BCUT2D eigenvalue weighted by molar-refractivity contribution is 5.72. The van der Waals surface area contributed by atoms with Crippen molar-refractivity contribution in [2.24, 2.45) is 7.05 Å². The van der Waals surface area contributed by atoms with E-state index in [0.29, 0.717) is 11.3 Å². The van der Waals surface area contributed by atoms with Crippen LogP contribution in [-0.2, 0) is 7.05 Å². The highest BCUT2D eigenvalue weighted by Crippen LogP contribution is 2.26. The molecule has 0 fully saturated rings. The Kier molecular flexibility index (Phi) is 3.42. The van der Waals surface area contributed by atoms with Crippen molar-refractivity contribution in [1.29, 1.82) is 0 Å². The lowest BCUT2D eigenvalue weighted by Crippen LogP contribution is -2.14. The number of nitrogens with one attached hydrogen (secondary N) is 1. The van der Waals surface area contributed by atoms with E-state index in [1.54, 1.807) is 18.0 Å². The van der Waals surface area contributed by atoms with Gasteiger partial charge >= 0.3 is 0 Å². The first-order valence-electron chi connectivity index (χ1n) is 7.82. The fourth-order valence-electron chi connectivity index (χ4n) is 2.89. The molecule has 0 aliphatic rings. The Morgan fingerprint density at radius 2 is 1.92 bits per heavy atom. The summed E-state index contributed by atoms with van der Waals surface area (Å²) in [6.07, 6.45) is 3.54. The molecule has 7 nitrogen and oxygen atoms in total. The standard InChI is InChI=1S/C18H17N5O2/c1-11-17(12-4-6-14(25-3)7-5-12)21-23-16(24)8-15(20-18(11)23)13-9-19-22(2)10-13/h4-10,21H,1-3H3. The first kappa shape index (κ1) is 15.2. The van der Waals surface area contributed by atoms with Gasteiger partial charge in [0.25, 0.3) is 5.56 Å². The molecule has 0 atom stereocenters. The first-order valence-corrected chi connectivity index (χ1v) is 7.82. The fraction of sp³-hybridized carbons (Fsp3) is 0.167. The Labute approximate surface area is 143 Å². The largest absolute Gasteiger partial charge is 0.497 e. The van der Waals surface area contributed by atoms with Gasteiger partial charge in [-0.25, -0.2) is 9.50 Å². The van der Waals surface area contributed by atoms with Crippen molar-refractivity contribution in [1.82, 2.24) is 24.4 Å². The van der Waals surface area contributed by atoms with Crippen LogP contribution in [0.2, 0.25) is 0 Å². The smallest absolute Gasteiger partial charge is 0.273 e. The normalized spacial score (nSPS) is 11.2. The van der Waals surface area contributed by atoms with Crippen molar-refractivity contribution in [3.8, 4) is 28.3 Å². The topological polar surface area (TPSA) is 77.2 Å². The van der Waals surface area contributed by atoms with Crippen molar-refractivity contribution in [3.63, 3.8) is 0 Å². The minimum absolute atomic E-state index is 0.160. The third kappa shape index (κ3) is 2.50. The molecule has 0 saturated carbocycles. The molecule has 1 N–H and O–H groups in total. The number of methoxy groups -OCH3 is 1. The van der Waals surface area contributed by atoms with E-state index < -0.39 is 0 Å². The number of aryl methyl sites for hydroxylation is 2. The van der Waals surface area contributed by atoms with Crippen molar-refractivity contribution in [3.05, 3.63) is 58.6 Å². The van der Waals surface area contributed by atoms with Gasteiger partial charge < -0.3 is 4.74 Å². The molecule has 0 bridgehead atoms. The number of H-pyrrole nitrogens is 1. The highest BCUT2D eigenvalue weighted by Gasteiger charge is 2.14. The number of aromatic amines is 1. The summed E-state index contributed by atoms with van der Waals surface area (Å²) in [5.74, 6) is 0.784. The molecule has 0 aliphatic carbocycles. The monoisotopic (exact) mass is 335 g/mol. The number of rotatable bonds is 3. The molecule has 0 unspecified atom stereocenters. The molecule has 0 saturated heterocycles. The molecule has 4 rings (SSSR count). The second kappa shape index (κ2) is 5.62. The van der Waals surface area contributed by atoms with Crippen LogP contribution < -0.4 is 10.3 Å². The summed E-state index contributed by atoms with van der Waals surface area (Å²) >= 11 is 0. The summed E-state index contributed by atoms with van der Waals surface area (Å²) in [5, 5.41) is 7.29. The van der Waals surface area contributed by atoms with Gasteiger partial charge in [0.1, 0.15) is 5.75 Å². The maximum atomic E-state index is 12.5. The molecule has 3 heterocycles. The molecule has 25 heavy (non-hydrogen) atoms. The molecule has 0 radical (unpaired) electrons. The van der Waals surface area contributed by atoms with Gasteiger partial charge in [-0.1, -0.05) is 0 Å². The van der Waals surface area contributed by atoms with Gasteiger partial charge in [0.05, 0.1) is 24.7 Å². The van der Waals surface area contributed by atoms with E-state index >= 15 is 0 Å². The predicted octanol–water partition coefficient (Wildman–Crippen LogP) is 2.41. The fourth-order valence-corrected chi connectivity index (χ4v) is 2.89. The molecule has 1 aromatic carbocycles. The third-order valence-corrected chi connectivity index (χ3v) is 4.23. The Morgan fingerprint density at radius 1 is 1.16 bits per heavy atom. The van der Waals surface area contributed by atoms with E-state index in [9.17, 15) is 4.79 Å². The maximum absolute atomic E-state index is 12.5. The lowest BCUT2D eigenvalue weighted by atomic mass is 10.1. The minimum atomic E-state index is -0.160. The molecule has 4 aromatic rings. The van der Waals surface area contributed by atoms with Gasteiger partial charge in [-0.05, 0) is 31.2 Å². The van der Waals surface area contributed by atoms with Crippen molar-refractivity contribution in [2.75, 3.05) is 7.11 Å². The van der Waals surface area contributed by atoms with Crippen LogP contribution in [0.4, 0.5) is 0 Å². The number of nitrogens with zero attached hydrogens (tertiary/aromatic N) is 4. The van der Waals surface area contributed by atoms with Gasteiger partial charge in [0.15, 0.2) is 5.65 Å². The Hall–Kier alpha value is -3.35. The van der Waals surface area contributed by atoms with Crippen molar-refractivity contribution in [2.45, 2.75) is 6.92 Å². The quantitative estimate of drug-likeness (QED) is 0.624. The predicted molar refractivity (Wildman–Crippen MR) is 94.7 cm³/mol. The Bertz CT molecular complexity index is 1120. The zero-order chi connectivity index (χ0) is 17.6. The van der Waals surface area contributed by atoms with E-state index in [1.807, 2.05) is 44.4 Å². The third-order valence-electron chi connectivity index (χ3n) is 4.23. The average molecular weight is 335 g/mol. The van der Waals surface area contributed by atoms with Crippen molar-refractivity contribution >= 4 is 5.65 Å². The second-order valence-electron chi connectivity index (χ2n) is 5.88. The molecule has 0 amide bonds. The summed E-state index contributed by atoms with van der Waals surface area (Å²) in [4.78, 5) is 17.2. The minimum Gasteiger partial charge on any atom is -0.497 e. The number of fused-ring (bicyclic) bond motifs is 1. The number of hydrogen-bond acceptors (Lipinski definition) is 4. The first-order chi connectivity index (χ1) is 12.1. The summed E-state index contributed by atoms with van der Waals surface area (Å²) in [6.45, 7) is 1.95. The molecular formula is C18H17N5O2. The number of ether oxygens (including phenoxy) is 1. The van der Waals surface area contributed by atoms with Gasteiger partial charge in [-0.3, -0.25) is 14.6 Å². The molecule has 3 aromatic heterocycles. The van der Waals surface area contributed by atoms with E-state index in [4.69, 9.17) is 4.74 Å². The summed E-state index contributed by atoms with van der Waals surface area (Å²) in [7, 11) is 3.46. The van der Waals surface area contributed by atoms with Crippen LogP contribution in [-0.4, -0.2) is 31.5 Å². The lowest BCUT2D eigenvalue weighted by molar-refractivity contribution is 0.415. The zero-order valence-corrected chi connectivity index (χ0v) is 14.1. The van der Waals surface area contributed by atoms with Crippen LogP contribution in [0, 0.1) is 6.92 Å². The van der Waals surface area contributed by atoms with E-state index in [0.717, 1.165) is 28.1 Å². The van der Waals surface area contributed by atoms with Crippen LogP contribution in [0.15, 0.2) is 47.5 Å². The average Bonchev–Trinajstić information content (AvgIpc) is 3.19. The van der Waals surface area contributed by atoms with Gasteiger partial charge in [0.2, 0.25) is 0 Å². The van der Waals surface area contributed by atoms with Crippen LogP contribution in [0.1, 0.15) is 5.56 Å². The summed E-state index contributed by atoms with van der Waals surface area (Å²) in [5.41, 5.74) is 4.61. The zero-order valence-electron chi connectivity index (χ0n) is 14.1. The number of aromatic nitrogens is 5. The molecule has 7 heteroatoms.